The zero-order valence-electron chi connectivity index (χ0n) is 18.0. The lowest BCUT2D eigenvalue weighted by Gasteiger charge is -2.49. The summed E-state index contributed by atoms with van der Waals surface area (Å²) in [5, 5.41) is 13.6. The van der Waals surface area contributed by atoms with E-state index >= 15 is 0 Å². The van der Waals surface area contributed by atoms with E-state index in [1.54, 1.807) is 0 Å². The van der Waals surface area contributed by atoms with Gasteiger partial charge in [-0.05, 0) is 28.9 Å². The van der Waals surface area contributed by atoms with Crippen molar-refractivity contribution in [1.82, 2.24) is 4.90 Å². The van der Waals surface area contributed by atoms with E-state index in [1.807, 2.05) is 0 Å². The molecule has 28 heavy (non-hydrogen) atoms. The van der Waals surface area contributed by atoms with Gasteiger partial charge < -0.3 is 14.4 Å². The lowest BCUT2D eigenvalue weighted by atomic mass is 9.89. The number of piperidine rings is 1. The zero-order valence-corrected chi connectivity index (χ0v) is 19.0. The molecule has 1 heterocycles. The molecule has 1 aliphatic heterocycles. The normalized spacial score (nSPS) is 24.3. The number of nitrogens with zero attached hydrogens (tertiary/aromatic N) is 1. The summed E-state index contributed by atoms with van der Waals surface area (Å²) in [5.74, 6) is 0. The van der Waals surface area contributed by atoms with Crippen LogP contribution in [0.4, 0.5) is 0 Å². The van der Waals surface area contributed by atoms with Crippen LogP contribution < -0.4 is 10.4 Å². The standard InChI is InChI=1S/C24H35NO2Si/c1-6-24(26)17-20(18-25(5)19-24)27-28(23(2,3)4,21-13-9-7-10-14-21)22-15-11-8-12-16-22/h7-16,20,26H,6,17-19H2,1-5H3/t20-,24-/m1/s1. The number of rotatable bonds is 5. The summed E-state index contributed by atoms with van der Waals surface area (Å²) in [6, 6.07) is 21.5. The summed E-state index contributed by atoms with van der Waals surface area (Å²) < 4.78 is 7.22. The highest BCUT2D eigenvalue weighted by Crippen LogP contribution is 2.39. The lowest BCUT2D eigenvalue weighted by molar-refractivity contribution is -0.0700. The minimum atomic E-state index is -2.58. The van der Waals surface area contributed by atoms with Crippen molar-refractivity contribution < 1.29 is 9.53 Å². The minimum Gasteiger partial charge on any atom is -0.403 e. The van der Waals surface area contributed by atoms with Gasteiger partial charge in [-0.2, -0.15) is 0 Å². The van der Waals surface area contributed by atoms with Crippen molar-refractivity contribution in [2.24, 2.45) is 0 Å². The molecule has 1 N–H and O–H groups in total. The van der Waals surface area contributed by atoms with E-state index in [2.05, 4.69) is 100 Å². The summed E-state index contributed by atoms with van der Waals surface area (Å²) >= 11 is 0. The maximum atomic E-state index is 11.1. The van der Waals surface area contributed by atoms with Crippen molar-refractivity contribution in [2.75, 3.05) is 20.1 Å². The molecule has 0 unspecified atom stereocenters. The van der Waals surface area contributed by atoms with Crippen LogP contribution in [-0.4, -0.2) is 50.2 Å². The van der Waals surface area contributed by atoms with E-state index < -0.39 is 13.9 Å². The first-order valence-electron chi connectivity index (χ1n) is 10.4. The van der Waals surface area contributed by atoms with Crippen LogP contribution in [0.5, 0.6) is 0 Å². The molecule has 1 fully saturated rings. The van der Waals surface area contributed by atoms with Gasteiger partial charge in [-0.3, -0.25) is 0 Å². The first kappa shape index (κ1) is 21.3. The van der Waals surface area contributed by atoms with E-state index in [-0.39, 0.29) is 11.1 Å². The average Bonchev–Trinajstić information content (AvgIpc) is 2.66. The van der Waals surface area contributed by atoms with Gasteiger partial charge in [0.15, 0.2) is 0 Å². The van der Waals surface area contributed by atoms with Gasteiger partial charge in [-0.15, -0.1) is 0 Å². The molecule has 1 aliphatic rings. The van der Waals surface area contributed by atoms with Gasteiger partial charge in [0.1, 0.15) is 0 Å². The summed E-state index contributed by atoms with van der Waals surface area (Å²) in [5.41, 5.74) is -0.678. The molecule has 0 spiro atoms. The summed E-state index contributed by atoms with van der Waals surface area (Å²) in [4.78, 5) is 2.22. The van der Waals surface area contributed by atoms with Crippen LogP contribution in [0.2, 0.25) is 5.04 Å². The van der Waals surface area contributed by atoms with Gasteiger partial charge in [0, 0.05) is 19.5 Å². The Hall–Kier alpha value is -1.46. The Morgan fingerprint density at radius 1 is 1.04 bits per heavy atom. The maximum absolute atomic E-state index is 11.1. The molecule has 152 valence electrons. The average molecular weight is 398 g/mol. The van der Waals surface area contributed by atoms with Gasteiger partial charge in [-0.25, -0.2) is 0 Å². The number of hydrogen-bond donors (Lipinski definition) is 1. The number of β-amino-alcohol motifs (C(OH)–C–C–N with tert-alkyl or cyclic N) is 1. The van der Waals surface area contributed by atoms with Crippen molar-refractivity contribution in [3.05, 3.63) is 60.7 Å². The highest BCUT2D eigenvalue weighted by Gasteiger charge is 2.52. The van der Waals surface area contributed by atoms with E-state index in [0.29, 0.717) is 13.0 Å². The maximum Gasteiger partial charge on any atom is 0.261 e. The number of benzene rings is 2. The molecule has 2 aromatic carbocycles. The molecule has 3 nitrogen and oxygen atoms in total. The molecule has 0 saturated carbocycles. The number of aliphatic hydroxyl groups is 1. The van der Waals surface area contributed by atoms with E-state index in [4.69, 9.17) is 4.43 Å². The molecule has 0 bridgehead atoms. The van der Waals surface area contributed by atoms with Crippen LogP contribution in [0.1, 0.15) is 40.5 Å². The molecular formula is C24H35NO2Si. The van der Waals surface area contributed by atoms with Crippen molar-refractivity contribution in [3.8, 4) is 0 Å². The summed E-state index contributed by atoms with van der Waals surface area (Å²) in [6.45, 7) is 10.5. The van der Waals surface area contributed by atoms with Crippen molar-refractivity contribution >= 4 is 18.7 Å². The minimum absolute atomic E-state index is 0.00926. The first-order chi connectivity index (χ1) is 13.2. The Kier molecular flexibility index (Phi) is 6.16. The Morgan fingerprint density at radius 3 is 1.96 bits per heavy atom. The molecule has 2 atom stereocenters. The highest BCUT2D eigenvalue weighted by atomic mass is 28.4. The van der Waals surface area contributed by atoms with Crippen LogP contribution in [-0.2, 0) is 4.43 Å². The largest absolute Gasteiger partial charge is 0.403 e. The topological polar surface area (TPSA) is 32.7 Å². The molecule has 2 aromatic rings. The zero-order chi connectivity index (χ0) is 20.4. The molecular weight excluding hydrogens is 362 g/mol. The van der Waals surface area contributed by atoms with E-state index in [9.17, 15) is 5.11 Å². The number of likely N-dealkylation sites (tertiary alicyclic amines) is 1. The predicted molar refractivity (Wildman–Crippen MR) is 120 cm³/mol. The second kappa shape index (κ2) is 8.11. The Balaban J connectivity index is 2.11. The van der Waals surface area contributed by atoms with Gasteiger partial charge in [0.05, 0.1) is 11.7 Å². The quantitative estimate of drug-likeness (QED) is 0.785. The molecule has 3 rings (SSSR count). The second-order valence-electron chi connectivity index (χ2n) is 9.38. The molecule has 1 saturated heterocycles. The van der Waals surface area contributed by atoms with Gasteiger partial charge >= 0.3 is 0 Å². The van der Waals surface area contributed by atoms with Crippen molar-refractivity contribution in [3.63, 3.8) is 0 Å². The number of hydrogen-bond acceptors (Lipinski definition) is 3. The predicted octanol–water partition coefficient (Wildman–Crippen LogP) is 3.41. The van der Waals surface area contributed by atoms with Crippen molar-refractivity contribution in [1.29, 1.82) is 0 Å². The van der Waals surface area contributed by atoms with Crippen LogP contribution in [0, 0.1) is 0 Å². The molecule has 0 radical (unpaired) electrons. The van der Waals surface area contributed by atoms with Crippen LogP contribution >= 0.6 is 0 Å². The third kappa shape index (κ3) is 4.11. The van der Waals surface area contributed by atoms with E-state index in [1.165, 1.54) is 10.4 Å². The molecule has 0 aliphatic carbocycles. The third-order valence-electron chi connectivity index (χ3n) is 6.11. The number of likely N-dealkylation sites (N-methyl/N-ethyl adjacent to an activating group) is 1. The Morgan fingerprint density at radius 2 is 1.54 bits per heavy atom. The molecule has 0 aromatic heterocycles. The molecule has 4 heteroatoms. The van der Waals surface area contributed by atoms with E-state index in [0.717, 1.165) is 13.0 Å². The lowest BCUT2D eigenvalue weighted by Crippen LogP contribution is -2.69. The SMILES string of the molecule is CC[C@@]1(O)C[C@@H](O[Si](c2ccccc2)(c2ccccc2)C(C)(C)C)CN(C)C1. The smallest absolute Gasteiger partial charge is 0.261 e. The Labute approximate surface area is 171 Å². The summed E-state index contributed by atoms with van der Waals surface area (Å²) in [7, 11) is -0.495. The monoisotopic (exact) mass is 397 g/mol. The van der Waals surface area contributed by atoms with Crippen LogP contribution in [0.3, 0.4) is 0 Å². The highest BCUT2D eigenvalue weighted by molar-refractivity contribution is 6.99. The fourth-order valence-electron chi connectivity index (χ4n) is 4.74. The van der Waals surface area contributed by atoms with Crippen LogP contribution in [0.15, 0.2) is 60.7 Å². The first-order valence-corrected chi connectivity index (χ1v) is 12.3. The fourth-order valence-corrected chi connectivity index (χ4v) is 9.42. The summed E-state index contributed by atoms with van der Waals surface area (Å²) in [6.07, 6.45) is 1.45. The van der Waals surface area contributed by atoms with Gasteiger partial charge in [0.25, 0.3) is 8.32 Å². The second-order valence-corrected chi connectivity index (χ2v) is 13.6. The fraction of sp³-hybridized carbons (Fsp3) is 0.500. The van der Waals surface area contributed by atoms with Crippen molar-refractivity contribution in [2.45, 2.75) is 57.3 Å². The van der Waals surface area contributed by atoms with Gasteiger partial charge in [-0.1, -0.05) is 88.4 Å². The Bertz CT molecular complexity index is 720. The third-order valence-corrected chi connectivity index (χ3v) is 11.2. The van der Waals surface area contributed by atoms with Gasteiger partial charge in [0.2, 0.25) is 0 Å². The van der Waals surface area contributed by atoms with Crippen LogP contribution in [0.25, 0.3) is 0 Å². The molecule has 0 amide bonds.